The molecule has 1 saturated heterocycles. The van der Waals surface area contributed by atoms with E-state index in [-0.39, 0.29) is 0 Å². The van der Waals surface area contributed by atoms with E-state index in [4.69, 9.17) is 10.8 Å². The first kappa shape index (κ1) is 11.8. The summed E-state index contributed by atoms with van der Waals surface area (Å²) in [6.07, 6.45) is 6.55. The smallest absolute Gasteiger partial charge is 0.325 e. The van der Waals surface area contributed by atoms with Crippen LogP contribution in [0.5, 0.6) is 0 Å². The minimum atomic E-state index is -1.07. The average molecular weight is 236 g/mol. The zero-order valence-electron chi connectivity index (χ0n) is 9.54. The molecule has 0 aromatic carbocycles. The van der Waals surface area contributed by atoms with Crippen molar-refractivity contribution in [2.24, 2.45) is 5.73 Å². The topological polar surface area (TPSA) is 92.3 Å². The number of hydrogen-bond acceptors (Lipinski definition) is 5. The number of aliphatic carboxylic acids is 1. The molecular formula is C11H16N4O2. The normalized spacial score (nSPS) is 17.8. The Balaban J connectivity index is 2.09. The number of nitrogens with two attached hydrogens (primary N) is 1. The molecule has 1 fully saturated rings. The van der Waals surface area contributed by atoms with Gasteiger partial charge in [0.15, 0.2) is 0 Å². The highest BCUT2D eigenvalue weighted by atomic mass is 16.4. The standard InChI is InChI=1S/C11H16N4O2/c12-9(10(16)17)8-6-13-11(14-7-8)15-4-2-1-3-5-15/h6-7,9H,1-5,12H2,(H,16,17). The summed E-state index contributed by atoms with van der Waals surface area (Å²) in [5, 5.41) is 8.76. The Labute approximate surface area is 99.5 Å². The SMILES string of the molecule is NC(C(=O)O)c1cnc(N2CCCCC2)nc1. The van der Waals surface area contributed by atoms with Gasteiger partial charge in [0.05, 0.1) is 0 Å². The van der Waals surface area contributed by atoms with Gasteiger partial charge in [0, 0.05) is 31.0 Å². The van der Waals surface area contributed by atoms with Crippen LogP contribution >= 0.6 is 0 Å². The monoisotopic (exact) mass is 236 g/mol. The molecule has 1 aliphatic rings. The molecule has 6 heteroatoms. The lowest BCUT2D eigenvalue weighted by molar-refractivity contribution is -0.138. The molecule has 0 bridgehead atoms. The van der Waals surface area contributed by atoms with Gasteiger partial charge in [-0.3, -0.25) is 4.79 Å². The fraction of sp³-hybridized carbons (Fsp3) is 0.545. The van der Waals surface area contributed by atoms with Crippen LogP contribution in [0.4, 0.5) is 5.95 Å². The van der Waals surface area contributed by atoms with E-state index in [1.165, 1.54) is 18.8 Å². The van der Waals surface area contributed by atoms with Crippen LogP contribution in [0.1, 0.15) is 30.9 Å². The van der Waals surface area contributed by atoms with E-state index in [2.05, 4.69) is 14.9 Å². The molecule has 17 heavy (non-hydrogen) atoms. The molecule has 1 aromatic rings. The number of nitrogens with zero attached hydrogens (tertiary/aromatic N) is 3. The molecule has 0 aliphatic carbocycles. The first-order valence-corrected chi connectivity index (χ1v) is 5.74. The molecule has 0 spiro atoms. The summed E-state index contributed by atoms with van der Waals surface area (Å²) in [6.45, 7) is 1.93. The van der Waals surface area contributed by atoms with Gasteiger partial charge in [-0.25, -0.2) is 9.97 Å². The van der Waals surface area contributed by atoms with Crippen molar-refractivity contribution in [1.29, 1.82) is 0 Å². The quantitative estimate of drug-likeness (QED) is 0.796. The van der Waals surface area contributed by atoms with Crippen LogP contribution in [-0.4, -0.2) is 34.1 Å². The highest BCUT2D eigenvalue weighted by Gasteiger charge is 2.17. The summed E-state index contributed by atoms with van der Waals surface area (Å²) in [5.74, 6) is -0.412. The van der Waals surface area contributed by atoms with E-state index >= 15 is 0 Å². The highest BCUT2D eigenvalue weighted by Crippen LogP contribution is 2.16. The second kappa shape index (κ2) is 5.09. The number of carboxylic acid groups (broad SMARTS) is 1. The van der Waals surface area contributed by atoms with Crippen molar-refractivity contribution in [3.05, 3.63) is 18.0 Å². The Morgan fingerprint density at radius 2 is 1.88 bits per heavy atom. The summed E-state index contributed by atoms with van der Waals surface area (Å²) in [6, 6.07) is -1.05. The number of aromatic nitrogens is 2. The second-order valence-corrected chi connectivity index (χ2v) is 4.18. The molecule has 92 valence electrons. The molecule has 0 amide bonds. The van der Waals surface area contributed by atoms with Crippen molar-refractivity contribution in [3.8, 4) is 0 Å². The first-order valence-electron chi connectivity index (χ1n) is 5.74. The van der Waals surface area contributed by atoms with E-state index < -0.39 is 12.0 Å². The largest absolute Gasteiger partial charge is 0.480 e. The van der Waals surface area contributed by atoms with Crippen LogP contribution in [0.25, 0.3) is 0 Å². The number of anilines is 1. The molecule has 2 rings (SSSR count). The molecule has 1 unspecified atom stereocenters. The lowest BCUT2D eigenvalue weighted by atomic mass is 10.1. The van der Waals surface area contributed by atoms with Crippen molar-refractivity contribution in [3.63, 3.8) is 0 Å². The van der Waals surface area contributed by atoms with E-state index in [9.17, 15) is 4.79 Å². The van der Waals surface area contributed by atoms with Gasteiger partial charge >= 0.3 is 5.97 Å². The minimum absolute atomic E-state index is 0.429. The predicted molar refractivity (Wildman–Crippen MR) is 62.7 cm³/mol. The van der Waals surface area contributed by atoms with Gasteiger partial charge in [0.1, 0.15) is 6.04 Å². The summed E-state index contributed by atoms with van der Waals surface area (Å²) in [7, 11) is 0. The van der Waals surface area contributed by atoms with Gasteiger partial charge in [-0.2, -0.15) is 0 Å². The van der Waals surface area contributed by atoms with Gasteiger partial charge in [-0.15, -0.1) is 0 Å². The van der Waals surface area contributed by atoms with E-state index in [0.29, 0.717) is 11.5 Å². The van der Waals surface area contributed by atoms with E-state index in [0.717, 1.165) is 25.9 Å². The number of piperidine rings is 1. The Kier molecular flexibility index (Phi) is 3.53. The van der Waals surface area contributed by atoms with Gasteiger partial charge in [0.25, 0.3) is 0 Å². The Bertz CT molecular complexity index is 387. The molecular weight excluding hydrogens is 220 g/mol. The van der Waals surface area contributed by atoms with E-state index in [1.54, 1.807) is 0 Å². The van der Waals surface area contributed by atoms with Crippen LogP contribution in [-0.2, 0) is 4.79 Å². The number of carbonyl (C=O) groups is 1. The van der Waals surface area contributed by atoms with Crippen molar-refractivity contribution < 1.29 is 9.90 Å². The van der Waals surface area contributed by atoms with Gasteiger partial charge in [-0.1, -0.05) is 0 Å². The summed E-state index contributed by atoms with van der Waals surface area (Å²) in [4.78, 5) is 21.2. The van der Waals surface area contributed by atoms with Crippen molar-refractivity contribution >= 4 is 11.9 Å². The van der Waals surface area contributed by atoms with Crippen LogP contribution in [0.3, 0.4) is 0 Å². The zero-order valence-corrected chi connectivity index (χ0v) is 9.54. The zero-order chi connectivity index (χ0) is 12.3. The minimum Gasteiger partial charge on any atom is -0.480 e. The molecule has 1 atom stereocenters. The van der Waals surface area contributed by atoms with Crippen molar-refractivity contribution in [2.45, 2.75) is 25.3 Å². The summed E-state index contributed by atoms with van der Waals surface area (Å²) in [5.41, 5.74) is 5.90. The molecule has 0 radical (unpaired) electrons. The van der Waals surface area contributed by atoms with Gasteiger partial charge < -0.3 is 15.7 Å². The maximum Gasteiger partial charge on any atom is 0.325 e. The van der Waals surface area contributed by atoms with Gasteiger partial charge in [0.2, 0.25) is 5.95 Å². The van der Waals surface area contributed by atoms with E-state index in [1.807, 2.05) is 0 Å². The maximum absolute atomic E-state index is 10.7. The Morgan fingerprint density at radius 1 is 1.29 bits per heavy atom. The van der Waals surface area contributed by atoms with Crippen LogP contribution in [0, 0.1) is 0 Å². The fourth-order valence-electron chi connectivity index (χ4n) is 1.89. The number of carboxylic acids is 1. The first-order chi connectivity index (χ1) is 8.18. The third kappa shape index (κ3) is 2.71. The van der Waals surface area contributed by atoms with Gasteiger partial charge in [-0.05, 0) is 19.3 Å². The maximum atomic E-state index is 10.7. The van der Waals surface area contributed by atoms with Crippen molar-refractivity contribution in [1.82, 2.24) is 9.97 Å². The number of rotatable bonds is 3. The molecule has 1 aliphatic heterocycles. The Hall–Kier alpha value is -1.69. The molecule has 6 nitrogen and oxygen atoms in total. The summed E-state index contributed by atoms with van der Waals surface area (Å²) < 4.78 is 0. The molecule has 0 saturated carbocycles. The highest BCUT2D eigenvalue weighted by molar-refractivity contribution is 5.74. The third-order valence-corrected chi connectivity index (χ3v) is 2.92. The third-order valence-electron chi connectivity index (χ3n) is 2.92. The Morgan fingerprint density at radius 3 is 2.41 bits per heavy atom. The lowest BCUT2D eigenvalue weighted by Gasteiger charge is -2.26. The van der Waals surface area contributed by atoms with Crippen molar-refractivity contribution in [2.75, 3.05) is 18.0 Å². The molecule has 2 heterocycles. The summed E-state index contributed by atoms with van der Waals surface area (Å²) >= 11 is 0. The average Bonchev–Trinajstić information content (AvgIpc) is 2.39. The van der Waals surface area contributed by atoms with Crippen LogP contribution in [0.2, 0.25) is 0 Å². The molecule has 3 N–H and O–H groups in total. The predicted octanol–water partition coefficient (Wildman–Crippen LogP) is 0.551. The van der Waals surface area contributed by atoms with Crippen LogP contribution < -0.4 is 10.6 Å². The fourth-order valence-corrected chi connectivity index (χ4v) is 1.89. The number of hydrogen-bond donors (Lipinski definition) is 2. The molecule has 1 aromatic heterocycles. The second-order valence-electron chi connectivity index (χ2n) is 4.18. The van der Waals surface area contributed by atoms with Crippen LogP contribution in [0.15, 0.2) is 12.4 Å². The lowest BCUT2D eigenvalue weighted by Crippen LogP contribution is -2.31.